The van der Waals surface area contributed by atoms with Crippen molar-refractivity contribution in [3.8, 4) is 0 Å². The van der Waals surface area contributed by atoms with Gasteiger partial charge >= 0.3 is 0 Å². The Bertz CT molecular complexity index is 334. The summed E-state index contributed by atoms with van der Waals surface area (Å²) in [5.41, 5.74) is 1.34. The SMILES string of the molecule is C/C=C(/C)Cc1ccc(C(C)=O)s1. The normalized spacial score (nSPS) is 11.8. The largest absolute Gasteiger partial charge is 0.294 e. The van der Waals surface area contributed by atoms with Gasteiger partial charge in [-0.05, 0) is 32.9 Å². The first-order valence-corrected chi connectivity index (χ1v) is 5.16. The van der Waals surface area contributed by atoms with E-state index >= 15 is 0 Å². The minimum atomic E-state index is 0.161. The van der Waals surface area contributed by atoms with E-state index in [2.05, 4.69) is 13.0 Å². The zero-order valence-electron chi connectivity index (χ0n) is 8.26. The number of Topliss-reactive ketones (excluding diaryl/α,β-unsaturated/α-hetero) is 1. The predicted molar refractivity (Wildman–Crippen MR) is 57.5 cm³/mol. The van der Waals surface area contributed by atoms with Crippen LogP contribution in [-0.4, -0.2) is 5.78 Å². The Morgan fingerprint density at radius 2 is 2.15 bits per heavy atom. The number of allylic oxidation sites excluding steroid dienone is 2. The lowest BCUT2D eigenvalue weighted by atomic mass is 10.2. The number of hydrogen-bond donors (Lipinski definition) is 0. The second-order valence-electron chi connectivity index (χ2n) is 3.13. The molecule has 1 aromatic rings. The summed E-state index contributed by atoms with van der Waals surface area (Å²) in [6, 6.07) is 3.94. The molecule has 0 saturated carbocycles. The second kappa shape index (κ2) is 4.38. The average Bonchev–Trinajstić information content (AvgIpc) is 2.52. The molecule has 1 aromatic heterocycles. The summed E-state index contributed by atoms with van der Waals surface area (Å²) in [6.07, 6.45) is 3.07. The maximum atomic E-state index is 11.0. The van der Waals surface area contributed by atoms with Crippen LogP contribution in [0.5, 0.6) is 0 Å². The molecule has 0 atom stereocenters. The zero-order valence-corrected chi connectivity index (χ0v) is 9.07. The van der Waals surface area contributed by atoms with Gasteiger partial charge in [0, 0.05) is 11.3 Å². The second-order valence-corrected chi connectivity index (χ2v) is 4.30. The number of carbonyl (C=O) groups excluding carboxylic acids is 1. The van der Waals surface area contributed by atoms with Crippen molar-refractivity contribution in [3.63, 3.8) is 0 Å². The molecule has 0 amide bonds. The molecule has 1 heterocycles. The van der Waals surface area contributed by atoms with Crippen molar-refractivity contribution >= 4 is 17.1 Å². The molecule has 0 aromatic carbocycles. The fraction of sp³-hybridized carbons (Fsp3) is 0.364. The molecule has 0 unspecified atom stereocenters. The monoisotopic (exact) mass is 194 g/mol. The van der Waals surface area contributed by atoms with E-state index in [1.54, 1.807) is 18.3 Å². The maximum Gasteiger partial charge on any atom is 0.169 e. The molecule has 0 aliphatic heterocycles. The van der Waals surface area contributed by atoms with E-state index in [0.717, 1.165) is 11.3 Å². The molecule has 13 heavy (non-hydrogen) atoms. The van der Waals surface area contributed by atoms with Gasteiger partial charge in [0.1, 0.15) is 0 Å². The molecule has 0 fully saturated rings. The lowest BCUT2D eigenvalue weighted by Crippen LogP contribution is -1.84. The van der Waals surface area contributed by atoms with E-state index in [4.69, 9.17) is 0 Å². The third kappa shape index (κ3) is 2.81. The Kier molecular flexibility index (Phi) is 3.43. The first-order chi connectivity index (χ1) is 6.13. The fourth-order valence-electron chi connectivity index (χ4n) is 1.04. The van der Waals surface area contributed by atoms with Gasteiger partial charge in [-0.1, -0.05) is 11.6 Å². The van der Waals surface area contributed by atoms with Crippen molar-refractivity contribution in [2.45, 2.75) is 27.2 Å². The van der Waals surface area contributed by atoms with E-state index < -0.39 is 0 Å². The van der Waals surface area contributed by atoms with Crippen LogP contribution in [0.15, 0.2) is 23.8 Å². The first-order valence-electron chi connectivity index (χ1n) is 4.35. The van der Waals surface area contributed by atoms with Gasteiger partial charge in [0.05, 0.1) is 4.88 Å². The van der Waals surface area contributed by atoms with Gasteiger partial charge in [-0.3, -0.25) is 4.79 Å². The third-order valence-electron chi connectivity index (χ3n) is 1.95. The highest BCUT2D eigenvalue weighted by Gasteiger charge is 2.03. The van der Waals surface area contributed by atoms with E-state index in [1.165, 1.54) is 10.5 Å². The van der Waals surface area contributed by atoms with Crippen LogP contribution in [0.4, 0.5) is 0 Å². The predicted octanol–water partition coefficient (Wildman–Crippen LogP) is 3.46. The van der Waals surface area contributed by atoms with Gasteiger partial charge in [0.25, 0.3) is 0 Å². The number of ketones is 1. The van der Waals surface area contributed by atoms with Gasteiger partial charge in [-0.25, -0.2) is 0 Å². The van der Waals surface area contributed by atoms with Crippen molar-refractivity contribution in [1.82, 2.24) is 0 Å². The van der Waals surface area contributed by atoms with Crippen LogP contribution in [0.1, 0.15) is 35.3 Å². The summed E-state index contributed by atoms with van der Waals surface area (Å²) in [4.78, 5) is 13.1. The number of rotatable bonds is 3. The van der Waals surface area contributed by atoms with Crippen molar-refractivity contribution in [1.29, 1.82) is 0 Å². The smallest absolute Gasteiger partial charge is 0.169 e. The van der Waals surface area contributed by atoms with Gasteiger partial charge < -0.3 is 0 Å². The summed E-state index contributed by atoms with van der Waals surface area (Å²) in [6.45, 7) is 5.75. The Morgan fingerprint density at radius 3 is 2.62 bits per heavy atom. The van der Waals surface area contributed by atoms with E-state index in [9.17, 15) is 4.79 Å². The molecule has 2 heteroatoms. The van der Waals surface area contributed by atoms with E-state index in [-0.39, 0.29) is 5.78 Å². The maximum absolute atomic E-state index is 11.0. The summed E-state index contributed by atoms with van der Waals surface area (Å²) < 4.78 is 0. The fourth-order valence-corrected chi connectivity index (χ4v) is 2.04. The minimum Gasteiger partial charge on any atom is -0.294 e. The first kappa shape index (κ1) is 10.2. The quantitative estimate of drug-likeness (QED) is 0.532. The van der Waals surface area contributed by atoms with Crippen LogP contribution in [0.3, 0.4) is 0 Å². The van der Waals surface area contributed by atoms with Gasteiger partial charge in [0.15, 0.2) is 5.78 Å². The van der Waals surface area contributed by atoms with E-state index in [0.29, 0.717) is 0 Å². The Balaban J connectivity index is 2.75. The molecule has 70 valence electrons. The van der Waals surface area contributed by atoms with Crippen LogP contribution in [0.25, 0.3) is 0 Å². The Labute approximate surface area is 83.1 Å². The lowest BCUT2D eigenvalue weighted by molar-refractivity contribution is 0.102. The Hall–Kier alpha value is -0.890. The van der Waals surface area contributed by atoms with Gasteiger partial charge in [-0.2, -0.15) is 0 Å². The van der Waals surface area contributed by atoms with Crippen molar-refractivity contribution < 1.29 is 4.79 Å². The molecule has 0 aliphatic carbocycles. The number of thiophene rings is 1. The Morgan fingerprint density at radius 1 is 1.46 bits per heavy atom. The minimum absolute atomic E-state index is 0.161. The molecule has 0 radical (unpaired) electrons. The molecule has 0 saturated heterocycles. The van der Waals surface area contributed by atoms with Crippen LogP contribution in [-0.2, 0) is 6.42 Å². The van der Waals surface area contributed by atoms with Crippen molar-refractivity contribution in [2.24, 2.45) is 0 Å². The molecule has 1 nitrogen and oxygen atoms in total. The average molecular weight is 194 g/mol. The summed E-state index contributed by atoms with van der Waals surface area (Å²) in [7, 11) is 0. The summed E-state index contributed by atoms with van der Waals surface area (Å²) >= 11 is 1.59. The summed E-state index contributed by atoms with van der Waals surface area (Å²) in [5.74, 6) is 0.161. The van der Waals surface area contributed by atoms with Crippen molar-refractivity contribution in [3.05, 3.63) is 33.5 Å². The van der Waals surface area contributed by atoms with Crippen LogP contribution in [0.2, 0.25) is 0 Å². The third-order valence-corrected chi connectivity index (χ3v) is 3.14. The molecule has 0 spiro atoms. The highest BCUT2D eigenvalue weighted by molar-refractivity contribution is 7.14. The van der Waals surface area contributed by atoms with Gasteiger partial charge in [0.2, 0.25) is 0 Å². The van der Waals surface area contributed by atoms with Crippen LogP contribution >= 0.6 is 11.3 Å². The molecule has 0 aliphatic rings. The van der Waals surface area contributed by atoms with Crippen LogP contribution < -0.4 is 0 Å². The molecule has 1 rings (SSSR count). The molecular formula is C11H14OS. The number of hydrogen-bond acceptors (Lipinski definition) is 2. The van der Waals surface area contributed by atoms with Gasteiger partial charge in [-0.15, -0.1) is 11.3 Å². The topological polar surface area (TPSA) is 17.1 Å². The number of carbonyl (C=O) groups is 1. The zero-order chi connectivity index (χ0) is 9.84. The van der Waals surface area contributed by atoms with Crippen molar-refractivity contribution in [2.75, 3.05) is 0 Å². The molecule has 0 bridgehead atoms. The molecular weight excluding hydrogens is 180 g/mol. The van der Waals surface area contributed by atoms with Crippen LogP contribution in [0, 0.1) is 0 Å². The standard InChI is InChI=1S/C11H14OS/c1-4-8(2)7-10-5-6-11(13-10)9(3)12/h4-6H,7H2,1-3H3/b8-4-. The summed E-state index contributed by atoms with van der Waals surface area (Å²) in [5, 5.41) is 0. The molecule has 0 N–H and O–H groups in total. The highest BCUT2D eigenvalue weighted by Crippen LogP contribution is 2.19. The lowest BCUT2D eigenvalue weighted by Gasteiger charge is -1.95. The highest BCUT2D eigenvalue weighted by atomic mass is 32.1. The van der Waals surface area contributed by atoms with E-state index in [1.807, 2.05) is 19.1 Å².